The van der Waals surface area contributed by atoms with Crippen LogP contribution in [0.1, 0.15) is 43.1 Å². The quantitative estimate of drug-likeness (QED) is 0.622. The van der Waals surface area contributed by atoms with Crippen LogP contribution in [0.3, 0.4) is 0 Å². The van der Waals surface area contributed by atoms with Crippen molar-refractivity contribution in [2.75, 3.05) is 19.7 Å². The number of nitrogens with one attached hydrogen (secondary N) is 2. The van der Waals surface area contributed by atoms with Gasteiger partial charge in [-0.25, -0.2) is 0 Å². The molecule has 3 atom stereocenters. The average molecular weight is 422 g/mol. The predicted octanol–water partition coefficient (Wildman–Crippen LogP) is 0.504. The van der Waals surface area contributed by atoms with Gasteiger partial charge in [0.2, 0.25) is 17.7 Å². The van der Waals surface area contributed by atoms with Crippen molar-refractivity contribution < 1.29 is 41.2 Å². The Balaban J connectivity index is 1.74. The third-order valence-electron chi connectivity index (χ3n) is 5.80. The Morgan fingerprint density at radius 3 is 2.69 bits per heavy atom. The summed E-state index contributed by atoms with van der Waals surface area (Å²) in [6.07, 6.45) is -3.32. The summed E-state index contributed by atoms with van der Waals surface area (Å²) in [4.78, 5) is 50.6. The van der Waals surface area contributed by atoms with E-state index in [0.29, 0.717) is 25.8 Å². The molecule has 2 heterocycles. The molecule has 0 aromatic heterocycles. The second-order valence-corrected chi connectivity index (χ2v) is 7.93. The topological polar surface area (TPSA) is 105 Å². The summed E-state index contributed by atoms with van der Waals surface area (Å²) in [7, 11) is 0. The fourth-order valence-corrected chi connectivity index (χ4v) is 3.99. The van der Waals surface area contributed by atoms with Crippen molar-refractivity contribution in [3.63, 3.8) is 0 Å². The van der Waals surface area contributed by atoms with Gasteiger partial charge in [-0.15, -0.1) is 13.2 Å². The van der Waals surface area contributed by atoms with E-state index in [2.05, 4.69) is 15.4 Å². The molecule has 11 heteroatoms. The Bertz CT molecular complexity index is 801. The number of amides is 3. The fourth-order valence-electron chi connectivity index (χ4n) is 3.99. The van der Waals surface area contributed by atoms with Gasteiger partial charge in [-0.2, -0.15) is 0 Å². The van der Waals surface area contributed by atoms with Crippen LogP contribution in [-0.2, 0) is 23.9 Å². The van der Waals surface area contributed by atoms with E-state index < -0.39 is 55.4 Å². The van der Waals surface area contributed by atoms with Crippen LogP contribution in [0.25, 0.3) is 0 Å². The van der Waals surface area contributed by atoms with Crippen molar-refractivity contribution in [1.82, 2.24) is 15.5 Å². The van der Waals surface area contributed by atoms with Crippen LogP contribution < -0.4 is 10.6 Å². The first-order chi connectivity index (χ1) is 14.7. The van der Waals surface area contributed by atoms with E-state index in [0.717, 1.165) is 4.90 Å². The lowest BCUT2D eigenvalue weighted by atomic mass is 9.95. The molecule has 8 nitrogen and oxygen atoms in total. The number of rotatable bonds is 7. The third kappa shape index (κ3) is 5.26. The number of Topliss-reactive ketones (excluding diaryl/α,β-unsaturated/α-hetero) is 1. The number of likely N-dealkylation sites (tertiary alicyclic amines) is 1. The van der Waals surface area contributed by atoms with Crippen molar-refractivity contribution in [3.05, 3.63) is 0 Å². The van der Waals surface area contributed by atoms with E-state index >= 15 is 0 Å². The average Bonchev–Trinajstić information content (AvgIpc) is 3.13. The van der Waals surface area contributed by atoms with Crippen LogP contribution in [0.4, 0.5) is 13.2 Å². The highest BCUT2D eigenvalue weighted by Gasteiger charge is 2.54. The van der Waals surface area contributed by atoms with E-state index in [9.17, 15) is 32.3 Å². The van der Waals surface area contributed by atoms with Gasteiger partial charge in [0, 0.05) is 30.0 Å². The molecule has 2 saturated heterocycles. The molecule has 2 aliphatic heterocycles. The normalized spacial score (nSPS) is 28.3. The molecular formula is C18H24F3N3O5. The minimum Gasteiger partial charge on any atom is -0.356 e. The Morgan fingerprint density at radius 1 is 1.41 bits per heavy atom. The zero-order valence-electron chi connectivity index (χ0n) is 18.5. The summed E-state index contributed by atoms with van der Waals surface area (Å²) in [6.45, 7) is -3.89. The van der Waals surface area contributed by atoms with Gasteiger partial charge in [0.15, 0.2) is 5.78 Å². The van der Waals surface area contributed by atoms with Gasteiger partial charge in [0.25, 0.3) is 0 Å². The molecule has 0 aromatic rings. The molecule has 3 rings (SSSR count). The molecule has 3 fully saturated rings. The predicted molar refractivity (Wildman–Crippen MR) is 92.1 cm³/mol. The molecule has 0 aromatic carbocycles. The van der Waals surface area contributed by atoms with Crippen molar-refractivity contribution in [3.8, 4) is 0 Å². The smallest absolute Gasteiger partial charge is 0.356 e. The Hall–Kier alpha value is -2.17. The fraction of sp³-hybridized carbons (Fsp3) is 0.778. The molecule has 3 amide bonds. The first-order valence-corrected chi connectivity index (χ1v) is 9.33. The number of alkyl halides is 3. The summed E-state index contributed by atoms with van der Waals surface area (Å²) < 4.78 is 62.8. The van der Waals surface area contributed by atoms with Crippen molar-refractivity contribution in [2.24, 2.45) is 11.3 Å². The first-order valence-electron chi connectivity index (χ1n) is 10.8. The van der Waals surface area contributed by atoms with Gasteiger partial charge in [0.1, 0.15) is 12.6 Å². The molecule has 29 heavy (non-hydrogen) atoms. The van der Waals surface area contributed by atoms with E-state index in [1.54, 1.807) is 0 Å². The van der Waals surface area contributed by atoms with E-state index in [1.165, 1.54) is 0 Å². The van der Waals surface area contributed by atoms with E-state index in [-0.39, 0.29) is 30.7 Å². The highest BCUT2D eigenvalue weighted by Crippen LogP contribution is 2.54. The zero-order valence-corrected chi connectivity index (χ0v) is 15.5. The summed E-state index contributed by atoms with van der Waals surface area (Å²) >= 11 is 0. The minimum absolute atomic E-state index is 0.0864. The molecular weight excluding hydrogens is 395 g/mol. The van der Waals surface area contributed by atoms with Crippen LogP contribution in [-0.4, -0.2) is 66.5 Å². The number of halogens is 3. The third-order valence-corrected chi connectivity index (χ3v) is 5.80. The maximum absolute atomic E-state index is 13.0. The zero-order chi connectivity index (χ0) is 23.9. The lowest BCUT2D eigenvalue weighted by Crippen LogP contribution is -2.52. The second kappa shape index (κ2) is 7.92. The van der Waals surface area contributed by atoms with Crippen molar-refractivity contribution in [1.29, 1.82) is 0 Å². The van der Waals surface area contributed by atoms with E-state index in [4.69, 9.17) is 4.11 Å². The largest absolute Gasteiger partial charge is 0.522 e. The highest BCUT2D eigenvalue weighted by molar-refractivity contribution is 5.94. The molecule has 0 unspecified atom stereocenters. The summed E-state index contributed by atoms with van der Waals surface area (Å²) in [5.41, 5.74) is -0.354. The monoisotopic (exact) mass is 422 g/mol. The molecule has 162 valence electrons. The van der Waals surface area contributed by atoms with Crippen molar-refractivity contribution in [2.45, 2.75) is 57.4 Å². The molecule has 1 saturated carbocycles. The minimum atomic E-state index is -5.05. The Morgan fingerprint density at radius 2 is 2.14 bits per heavy atom. The first kappa shape index (κ1) is 17.7. The standard InChI is InChI=1S/C18H24F3N3O5/c1-10(25)24-9-17(3-4-17)7-13(24)16(28)23-12(6-11-2-5-22-15(11)27)14(26)8-29-18(19,20)21/h11-13H,2-9H2,1H3,(H,22,27)(H,23,28)/t11-,12-,13-/m0/s1/i1D3. The van der Waals surface area contributed by atoms with Crippen molar-refractivity contribution >= 4 is 23.5 Å². The number of hydrogen-bond donors (Lipinski definition) is 2. The van der Waals surface area contributed by atoms with Gasteiger partial charge >= 0.3 is 6.36 Å². The van der Waals surface area contributed by atoms with Gasteiger partial charge < -0.3 is 15.5 Å². The summed E-state index contributed by atoms with van der Waals surface area (Å²) in [5.74, 6) is -4.18. The number of ether oxygens (including phenoxy) is 1. The van der Waals surface area contributed by atoms with Gasteiger partial charge in [-0.05, 0) is 37.5 Å². The van der Waals surface area contributed by atoms with Gasteiger partial charge in [-0.3, -0.25) is 23.9 Å². The molecule has 1 spiro atoms. The maximum Gasteiger partial charge on any atom is 0.522 e. The highest BCUT2D eigenvalue weighted by atomic mass is 19.4. The molecule has 2 N–H and O–H groups in total. The lowest BCUT2D eigenvalue weighted by molar-refractivity contribution is -0.321. The molecule has 0 bridgehead atoms. The number of ketones is 1. The summed E-state index contributed by atoms with van der Waals surface area (Å²) in [6, 6.07) is -2.62. The van der Waals surface area contributed by atoms with Crippen LogP contribution in [0.15, 0.2) is 0 Å². The number of nitrogens with zero attached hydrogens (tertiary/aromatic N) is 1. The maximum atomic E-state index is 13.0. The lowest BCUT2D eigenvalue weighted by Gasteiger charge is -2.26. The number of hydrogen-bond acceptors (Lipinski definition) is 5. The van der Waals surface area contributed by atoms with Gasteiger partial charge in [-0.1, -0.05) is 0 Å². The second-order valence-electron chi connectivity index (χ2n) is 7.93. The van der Waals surface area contributed by atoms with Gasteiger partial charge in [0.05, 0.1) is 6.04 Å². The molecule has 0 radical (unpaired) electrons. The number of carbonyl (C=O) groups is 4. The Labute approximate surface area is 169 Å². The molecule has 3 aliphatic rings. The summed E-state index contributed by atoms with van der Waals surface area (Å²) in [5, 5.41) is 4.90. The van der Waals surface area contributed by atoms with Crippen LogP contribution in [0.2, 0.25) is 0 Å². The van der Waals surface area contributed by atoms with Crippen LogP contribution in [0, 0.1) is 11.3 Å². The molecule has 1 aliphatic carbocycles. The SMILES string of the molecule is [2H]C([2H])([2H])C(=O)N1CC2(CC2)C[C@H]1C(=O)N[C@@H](C[C@@H]1CCNC1=O)C(=O)COC(F)(F)F. The Kier molecular flexibility index (Phi) is 4.83. The van der Waals surface area contributed by atoms with E-state index in [1.807, 2.05) is 0 Å². The van der Waals surface area contributed by atoms with Crippen LogP contribution in [0.5, 0.6) is 0 Å². The van der Waals surface area contributed by atoms with Crippen LogP contribution >= 0.6 is 0 Å². The number of carbonyl (C=O) groups excluding carboxylic acids is 4.